The molecule has 1 saturated carbocycles. The number of anilines is 1. The van der Waals surface area contributed by atoms with Crippen LogP contribution in [0.25, 0.3) is 0 Å². The summed E-state index contributed by atoms with van der Waals surface area (Å²) in [4.78, 5) is 15.7. The number of allylic oxidation sites excluding steroid dienone is 4. The topological polar surface area (TPSA) is 84.9 Å². The SMILES string of the molecule is CO[C@H]1/C=C/C[C@H](C)[C@@H](C)S(=O)(=O)NC(=O)c2ccc3c(c2)N(CCCCC2C=C(Cl)C=CC2(C)CO3)C[C@@H]2CC[C@H]21. The van der Waals surface area contributed by atoms with Crippen LogP contribution in [-0.2, 0) is 14.8 Å². The number of fused-ring (bicyclic) bond motifs is 3. The zero-order chi connectivity index (χ0) is 30.1. The van der Waals surface area contributed by atoms with Crippen molar-refractivity contribution in [3.63, 3.8) is 0 Å². The normalized spacial score (nSPS) is 36.1. The summed E-state index contributed by atoms with van der Waals surface area (Å²) >= 11 is 6.41. The molecular formula is C33H45ClN2O5S. The number of rotatable bonds is 1. The van der Waals surface area contributed by atoms with Gasteiger partial charge in [-0.1, -0.05) is 56.2 Å². The first kappa shape index (κ1) is 31.1. The number of hydrogen-bond acceptors (Lipinski definition) is 6. The first-order valence-electron chi connectivity index (χ1n) is 15.3. The summed E-state index contributed by atoms with van der Waals surface area (Å²) in [6, 6.07) is 5.30. The minimum Gasteiger partial charge on any atom is -0.490 e. The van der Waals surface area contributed by atoms with Gasteiger partial charge in [0.15, 0.2) is 0 Å². The van der Waals surface area contributed by atoms with Crippen molar-refractivity contribution in [1.29, 1.82) is 0 Å². The largest absolute Gasteiger partial charge is 0.490 e. The van der Waals surface area contributed by atoms with Crippen molar-refractivity contribution in [2.24, 2.45) is 29.1 Å². The number of carbonyl (C=O) groups is 1. The minimum atomic E-state index is -3.89. The molecule has 230 valence electrons. The number of sulfonamides is 1. The van der Waals surface area contributed by atoms with Crippen LogP contribution in [0.1, 0.15) is 69.7 Å². The Kier molecular flexibility index (Phi) is 9.45. The second-order valence-electron chi connectivity index (χ2n) is 12.9. The fourth-order valence-corrected chi connectivity index (χ4v) is 8.28. The standard InChI is InChI=1S/C33H45ClN2O5S/c1-22-8-7-10-30(40-4)28-13-11-25(28)20-36-17-6-5-9-26-19-27(34)15-16-33(26,3)21-41-31-14-12-24(18-29(31)36)32(37)35-42(38,39)23(22)2/h7,10,12,14-16,18-19,22-23,25-26,28,30H,5-6,8-9,11,13,17,20-21H2,1-4H3,(H,35,37)/b10-7+/t22-,23+,25-,26?,28+,30-,33?/m0/s1. The van der Waals surface area contributed by atoms with Crippen LogP contribution in [0.3, 0.4) is 0 Å². The summed E-state index contributed by atoms with van der Waals surface area (Å²) < 4.78 is 41.3. The molecule has 9 heteroatoms. The molecule has 0 spiro atoms. The van der Waals surface area contributed by atoms with Gasteiger partial charge in [-0.25, -0.2) is 13.1 Å². The van der Waals surface area contributed by atoms with Gasteiger partial charge >= 0.3 is 0 Å². The van der Waals surface area contributed by atoms with Crippen molar-refractivity contribution in [2.75, 3.05) is 31.7 Å². The van der Waals surface area contributed by atoms with Crippen LogP contribution in [0.15, 0.2) is 53.6 Å². The minimum absolute atomic E-state index is 0.0205. The Labute approximate surface area is 256 Å². The van der Waals surface area contributed by atoms with Gasteiger partial charge in [0.2, 0.25) is 10.0 Å². The molecular weight excluding hydrogens is 572 g/mol. The highest BCUT2D eigenvalue weighted by atomic mass is 35.5. The Bertz CT molecular complexity index is 1360. The highest BCUT2D eigenvalue weighted by Crippen LogP contribution is 2.44. The van der Waals surface area contributed by atoms with Crippen molar-refractivity contribution in [1.82, 2.24) is 4.72 Å². The first-order chi connectivity index (χ1) is 20.0. The van der Waals surface area contributed by atoms with E-state index in [4.69, 9.17) is 21.1 Å². The van der Waals surface area contributed by atoms with Gasteiger partial charge in [0.05, 0.1) is 23.6 Å². The molecule has 2 aliphatic carbocycles. The Morgan fingerprint density at radius 3 is 2.71 bits per heavy atom. The lowest BCUT2D eigenvalue weighted by Crippen LogP contribution is -2.44. The molecule has 1 aromatic rings. The lowest BCUT2D eigenvalue weighted by molar-refractivity contribution is 0.0134. The summed E-state index contributed by atoms with van der Waals surface area (Å²) in [7, 11) is -2.13. The smallest absolute Gasteiger partial charge is 0.264 e. The van der Waals surface area contributed by atoms with E-state index in [1.165, 1.54) is 0 Å². The van der Waals surface area contributed by atoms with Gasteiger partial charge in [0.25, 0.3) is 5.91 Å². The molecule has 2 bridgehead atoms. The van der Waals surface area contributed by atoms with Crippen LogP contribution in [-0.4, -0.2) is 52.5 Å². The van der Waals surface area contributed by atoms with E-state index >= 15 is 0 Å². The molecule has 1 fully saturated rings. The fraction of sp³-hybridized carbons (Fsp3) is 0.606. The predicted octanol–water partition coefficient (Wildman–Crippen LogP) is 6.46. The third-order valence-corrected chi connectivity index (χ3v) is 12.3. The predicted molar refractivity (Wildman–Crippen MR) is 168 cm³/mol. The average molecular weight is 617 g/mol. The number of carbonyl (C=O) groups excluding carboxylic acids is 1. The highest BCUT2D eigenvalue weighted by molar-refractivity contribution is 7.90. The molecule has 4 aliphatic rings. The summed E-state index contributed by atoms with van der Waals surface area (Å²) in [6.07, 6.45) is 16.2. The van der Waals surface area contributed by atoms with Crippen molar-refractivity contribution in [2.45, 2.75) is 70.7 Å². The summed E-state index contributed by atoms with van der Waals surface area (Å²) in [6.45, 7) is 7.86. The second-order valence-corrected chi connectivity index (χ2v) is 15.4. The molecule has 0 aromatic heterocycles. The van der Waals surface area contributed by atoms with Crippen LogP contribution in [0.2, 0.25) is 0 Å². The maximum atomic E-state index is 13.4. The maximum absolute atomic E-state index is 13.4. The fourth-order valence-electron chi connectivity index (χ4n) is 6.78. The number of amides is 1. The quantitative estimate of drug-likeness (QED) is 0.365. The lowest BCUT2D eigenvalue weighted by atomic mass is 9.70. The molecule has 2 heterocycles. The summed E-state index contributed by atoms with van der Waals surface area (Å²) in [5.41, 5.74) is 0.926. The van der Waals surface area contributed by atoms with E-state index in [1.807, 2.05) is 31.2 Å². The van der Waals surface area contributed by atoms with Gasteiger partial charge in [0, 0.05) is 36.2 Å². The number of ether oxygens (including phenoxy) is 2. The molecule has 0 saturated heterocycles. The van der Waals surface area contributed by atoms with Crippen molar-refractivity contribution >= 4 is 33.2 Å². The van der Waals surface area contributed by atoms with E-state index in [1.54, 1.807) is 20.1 Å². The number of hydrogen-bond donors (Lipinski definition) is 1. The third kappa shape index (κ3) is 6.61. The van der Waals surface area contributed by atoms with Crippen molar-refractivity contribution < 1.29 is 22.7 Å². The van der Waals surface area contributed by atoms with Gasteiger partial charge in [-0.2, -0.15) is 0 Å². The third-order valence-electron chi connectivity index (χ3n) is 10.1. The van der Waals surface area contributed by atoms with Gasteiger partial charge < -0.3 is 14.4 Å². The molecule has 42 heavy (non-hydrogen) atoms. The van der Waals surface area contributed by atoms with Gasteiger partial charge in [-0.3, -0.25) is 4.79 Å². The van der Waals surface area contributed by atoms with E-state index in [2.05, 4.69) is 34.8 Å². The summed E-state index contributed by atoms with van der Waals surface area (Å²) in [5.74, 6) is 0.996. The van der Waals surface area contributed by atoms with E-state index < -0.39 is 21.2 Å². The van der Waals surface area contributed by atoms with Gasteiger partial charge in [0.1, 0.15) is 5.75 Å². The van der Waals surface area contributed by atoms with E-state index in [9.17, 15) is 13.2 Å². The Hall–Kier alpha value is -2.29. The Morgan fingerprint density at radius 1 is 1.17 bits per heavy atom. The highest BCUT2D eigenvalue weighted by Gasteiger charge is 2.39. The molecule has 1 aromatic carbocycles. The van der Waals surface area contributed by atoms with E-state index in [0.717, 1.165) is 55.9 Å². The van der Waals surface area contributed by atoms with Crippen LogP contribution in [0.4, 0.5) is 5.69 Å². The zero-order valence-corrected chi connectivity index (χ0v) is 26.8. The molecule has 1 N–H and O–H groups in total. The van der Waals surface area contributed by atoms with Crippen LogP contribution < -0.4 is 14.4 Å². The van der Waals surface area contributed by atoms with Crippen LogP contribution >= 0.6 is 11.6 Å². The molecule has 7 nitrogen and oxygen atoms in total. The average Bonchev–Trinajstić information content (AvgIpc) is 2.97. The zero-order valence-electron chi connectivity index (χ0n) is 25.2. The summed E-state index contributed by atoms with van der Waals surface area (Å²) in [5, 5.41) is 0.0295. The second kappa shape index (κ2) is 12.7. The van der Waals surface area contributed by atoms with Crippen LogP contribution in [0.5, 0.6) is 5.75 Å². The van der Waals surface area contributed by atoms with Crippen molar-refractivity contribution in [3.05, 3.63) is 59.2 Å². The number of halogens is 1. The lowest BCUT2D eigenvalue weighted by Gasteiger charge is -2.43. The first-order valence-corrected chi connectivity index (χ1v) is 17.3. The maximum Gasteiger partial charge on any atom is 0.264 e. The molecule has 1 amide bonds. The number of methoxy groups -OCH3 is 1. The van der Waals surface area contributed by atoms with Gasteiger partial charge in [-0.15, -0.1) is 0 Å². The van der Waals surface area contributed by atoms with Crippen molar-refractivity contribution in [3.8, 4) is 5.75 Å². The number of nitrogens with zero attached hydrogens (tertiary/aromatic N) is 1. The van der Waals surface area contributed by atoms with Crippen LogP contribution in [0, 0.1) is 29.1 Å². The van der Waals surface area contributed by atoms with Gasteiger partial charge in [-0.05, 0) is 87.0 Å². The number of nitrogens with one attached hydrogen (secondary N) is 1. The Balaban J connectivity index is 1.54. The Morgan fingerprint density at radius 2 is 1.98 bits per heavy atom. The number of benzene rings is 1. The molecule has 0 radical (unpaired) electrons. The van der Waals surface area contributed by atoms with E-state index in [0.29, 0.717) is 36.2 Å². The molecule has 2 unspecified atom stereocenters. The monoisotopic (exact) mass is 616 g/mol. The molecule has 7 atom stereocenters. The molecule has 5 rings (SSSR count). The van der Waals surface area contributed by atoms with E-state index in [-0.39, 0.29) is 23.4 Å². The molecule has 2 aliphatic heterocycles.